The molecule has 0 saturated carbocycles. The number of carbonyl (C=O) groups excluding carboxylic acids is 2. The van der Waals surface area contributed by atoms with Gasteiger partial charge in [0.15, 0.2) is 18.1 Å². The van der Waals surface area contributed by atoms with Gasteiger partial charge in [-0.3, -0.25) is 14.5 Å². The van der Waals surface area contributed by atoms with Crippen LogP contribution < -0.4 is 10.1 Å². The van der Waals surface area contributed by atoms with Crippen molar-refractivity contribution in [3.05, 3.63) is 45.2 Å². The number of nitrogens with zero attached hydrogens (tertiary/aromatic N) is 3. The third kappa shape index (κ3) is 4.97. The number of aromatic nitrogens is 2. The Morgan fingerprint density at radius 1 is 1.30 bits per heavy atom. The lowest BCUT2D eigenvalue weighted by Gasteiger charge is -2.44. The number of halogens is 5. The molecule has 0 bridgehead atoms. The van der Waals surface area contributed by atoms with Crippen molar-refractivity contribution >= 4 is 35.4 Å². The summed E-state index contributed by atoms with van der Waals surface area (Å²) in [6.07, 6.45) is -4.50. The topological polar surface area (TPSA) is 76.5 Å². The molecule has 1 aliphatic heterocycles. The van der Waals surface area contributed by atoms with Gasteiger partial charge in [-0.1, -0.05) is 29.3 Å². The minimum absolute atomic E-state index is 0.0437. The predicted octanol–water partition coefficient (Wildman–Crippen LogP) is 4.35. The number of rotatable bonds is 6. The van der Waals surface area contributed by atoms with Crippen molar-refractivity contribution in [1.82, 2.24) is 20.0 Å². The normalized spacial score (nSPS) is 17.5. The number of alkyl halides is 3. The van der Waals surface area contributed by atoms with Gasteiger partial charge in [0.25, 0.3) is 0 Å². The number of hydrogen-bond acceptors (Lipinski definition) is 5. The average molecular weight is 507 g/mol. The lowest BCUT2D eigenvalue weighted by molar-refractivity contribution is -0.142. The first-order chi connectivity index (χ1) is 15.4. The van der Waals surface area contributed by atoms with Crippen molar-refractivity contribution < 1.29 is 27.5 Å². The Morgan fingerprint density at radius 3 is 2.42 bits per heavy atom. The molecule has 1 amide bonds. The van der Waals surface area contributed by atoms with Crippen molar-refractivity contribution in [2.75, 3.05) is 20.2 Å². The molecule has 1 fully saturated rings. The average Bonchev–Trinajstić information content (AvgIpc) is 3.05. The van der Waals surface area contributed by atoms with Gasteiger partial charge in [0.1, 0.15) is 5.75 Å². The van der Waals surface area contributed by atoms with Gasteiger partial charge in [-0.15, -0.1) is 0 Å². The van der Waals surface area contributed by atoms with Crippen LogP contribution in [0.1, 0.15) is 42.9 Å². The Morgan fingerprint density at radius 2 is 1.94 bits per heavy atom. The molecule has 1 saturated heterocycles. The Labute approximate surface area is 198 Å². The molecule has 7 nitrogen and oxygen atoms in total. The fourth-order valence-corrected chi connectivity index (χ4v) is 4.61. The van der Waals surface area contributed by atoms with Crippen LogP contribution in [0.2, 0.25) is 10.0 Å². The third-order valence-corrected chi connectivity index (χ3v) is 6.63. The zero-order valence-corrected chi connectivity index (χ0v) is 19.7. The number of nitrogens with one attached hydrogen (secondary N) is 1. The molecule has 1 aromatic heterocycles. The van der Waals surface area contributed by atoms with Gasteiger partial charge in [-0.2, -0.15) is 18.3 Å². The van der Waals surface area contributed by atoms with Gasteiger partial charge < -0.3 is 10.1 Å². The quantitative estimate of drug-likeness (QED) is 0.589. The lowest BCUT2D eigenvalue weighted by Crippen LogP contribution is -2.54. The van der Waals surface area contributed by atoms with Crippen LogP contribution in [0.4, 0.5) is 13.2 Å². The summed E-state index contributed by atoms with van der Waals surface area (Å²) in [4.78, 5) is 25.6. The molecule has 0 spiro atoms. The molecule has 1 aromatic carbocycles. The Balaban J connectivity index is 1.91. The Kier molecular flexibility index (Phi) is 7.30. The molecule has 1 N–H and O–H groups in total. The van der Waals surface area contributed by atoms with Crippen LogP contribution in [0.25, 0.3) is 0 Å². The van der Waals surface area contributed by atoms with E-state index in [1.807, 2.05) is 0 Å². The summed E-state index contributed by atoms with van der Waals surface area (Å²) in [5.41, 5.74) is -1.17. The summed E-state index contributed by atoms with van der Waals surface area (Å²) in [7, 11) is 1.49. The number of benzene rings is 1. The van der Waals surface area contributed by atoms with Crippen LogP contribution in [0.5, 0.6) is 5.75 Å². The lowest BCUT2D eigenvalue weighted by atomic mass is 9.80. The van der Waals surface area contributed by atoms with E-state index in [9.17, 15) is 22.8 Å². The SMILES string of the molecule is COc1cc(C2(NC(C)=O)CCN(C(C=O)n3nc(C(F)(F)F)c(Cl)c3C)CC2)ccc1Cl. The molecule has 3 rings (SSSR count). The van der Waals surface area contributed by atoms with E-state index >= 15 is 0 Å². The highest BCUT2D eigenvalue weighted by Gasteiger charge is 2.42. The second kappa shape index (κ2) is 9.52. The van der Waals surface area contributed by atoms with Gasteiger partial charge in [0.2, 0.25) is 5.91 Å². The smallest absolute Gasteiger partial charge is 0.436 e. The van der Waals surface area contributed by atoms with Crippen molar-refractivity contribution in [3.8, 4) is 5.75 Å². The molecule has 0 radical (unpaired) electrons. The van der Waals surface area contributed by atoms with Crippen molar-refractivity contribution in [2.45, 2.75) is 44.6 Å². The number of piperidine rings is 1. The first-order valence-electron chi connectivity index (χ1n) is 10.1. The minimum Gasteiger partial charge on any atom is -0.495 e. The Hall–Kier alpha value is -2.30. The van der Waals surface area contributed by atoms with Crippen molar-refractivity contribution in [1.29, 1.82) is 0 Å². The second-order valence-electron chi connectivity index (χ2n) is 7.89. The van der Waals surface area contributed by atoms with Gasteiger partial charge in [-0.05, 0) is 37.5 Å². The summed E-state index contributed by atoms with van der Waals surface area (Å²) < 4.78 is 46.0. The molecule has 1 aliphatic rings. The molecular weight excluding hydrogens is 484 g/mol. The maximum atomic E-state index is 13.2. The van der Waals surface area contributed by atoms with Crippen LogP contribution in [0.15, 0.2) is 18.2 Å². The van der Waals surface area contributed by atoms with Gasteiger partial charge >= 0.3 is 6.18 Å². The number of aldehydes is 1. The van der Waals surface area contributed by atoms with Crippen molar-refractivity contribution in [3.63, 3.8) is 0 Å². The first-order valence-corrected chi connectivity index (χ1v) is 10.8. The largest absolute Gasteiger partial charge is 0.495 e. The summed E-state index contributed by atoms with van der Waals surface area (Å²) in [5, 5.41) is 6.47. The fourth-order valence-electron chi connectivity index (χ4n) is 4.19. The Bertz CT molecular complexity index is 1050. The molecule has 2 heterocycles. The van der Waals surface area contributed by atoms with E-state index in [4.69, 9.17) is 27.9 Å². The number of carbonyl (C=O) groups is 2. The third-order valence-electron chi connectivity index (χ3n) is 5.86. The number of amides is 1. The molecule has 12 heteroatoms. The molecule has 2 aromatic rings. The molecule has 0 aliphatic carbocycles. The van der Waals surface area contributed by atoms with E-state index in [0.717, 1.165) is 10.2 Å². The molecule has 1 unspecified atom stereocenters. The molecule has 180 valence electrons. The zero-order valence-electron chi connectivity index (χ0n) is 18.2. The number of likely N-dealkylation sites (tertiary alicyclic amines) is 1. The first kappa shape index (κ1) is 25.3. The number of ether oxygens (including phenoxy) is 1. The molecule has 1 atom stereocenters. The molecular formula is C21H23Cl2F3N4O3. The summed E-state index contributed by atoms with van der Waals surface area (Å²) in [5.74, 6) is 0.211. The standard InChI is InChI=1S/C21H23Cl2F3N4O3/c1-12-18(23)19(21(24,25)26)28-30(12)17(11-31)29-8-6-20(7-9-29,27-13(2)32)14-4-5-15(22)16(10-14)33-3/h4-5,10-11,17H,6-9H2,1-3H3,(H,27,32). The van der Waals surface area contributed by atoms with Gasteiger partial charge in [-0.25, -0.2) is 4.68 Å². The zero-order chi connectivity index (χ0) is 24.6. The van der Waals surface area contributed by atoms with Crippen molar-refractivity contribution in [2.24, 2.45) is 0 Å². The van der Waals surface area contributed by atoms with Crippen LogP contribution in [-0.2, 0) is 21.3 Å². The summed E-state index contributed by atoms with van der Waals surface area (Å²) in [6, 6.07) is 5.21. The number of hydrogen-bond donors (Lipinski definition) is 1. The highest BCUT2D eigenvalue weighted by Crippen LogP contribution is 2.40. The number of methoxy groups -OCH3 is 1. The molecule has 33 heavy (non-hydrogen) atoms. The van der Waals surface area contributed by atoms with E-state index in [1.165, 1.54) is 21.0 Å². The van der Waals surface area contributed by atoms with Gasteiger partial charge in [0.05, 0.1) is 28.4 Å². The van der Waals surface area contributed by atoms with Crippen LogP contribution in [0, 0.1) is 6.92 Å². The predicted molar refractivity (Wildman–Crippen MR) is 116 cm³/mol. The summed E-state index contributed by atoms with van der Waals surface area (Å²) >= 11 is 12.0. The van der Waals surface area contributed by atoms with Crippen LogP contribution >= 0.6 is 23.2 Å². The van der Waals surface area contributed by atoms with E-state index < -0.39 is 28.6 Å². The van der Waals surface area contributed by atoms with Crippen LogP contribution in [-0.4, -0.2) is 47.1 Å². The maximum absolute atomic E-state index is 13.2. The van der Waals surface area contributed by atoms with E-state index in [2.05, 4.69) is 10.4 Å². The monoisotopic (exact) mass is 506 g/mol. The highest BCUT2D eigenvalue weighted by molar-refractivity contribution is 6.32. The van der Waals surface area contributed by atoms with E-state index in [-0.39, 0.29) is 11.6 Å². The second-order valence-corrected chi connectivity index (χ2v) is 8.67. The minimum atomic E-state index is -4.74. The van der Waals surface area contributed by atoms with Crippen LogP contribution in [0.3, 0.4) is 0 Å². The summed E-state index contributed by atoms with van der Waals surface area (Å²) in [6.45, 7) is 3.38. The fraction of sp³-hybridized carbons (Fsp3) is 0.476. The highest BCUT2D eigenvalue weighted by atomic mass is 35.5. The van der Waals surface area contributed by atoms with Gasteiger partial charge in [0, 0.05) is 20.0 Å². The van der Waals surface area contributed by atoms with E-state index in [0.29, 0.717) is 43.0 Å². The maximum Gasteiger partial charge on any atom is 0.436 e. The van der Waals surface area contributed by atoms with E-state index in [1.54, 1.807) is 23.1 Å².